The predicted octanol–water partition coefficient (Wildman–Crippen LogP) is 3.23. The van der Waals surface area contributed by atoms with Gasteiger partial charge in [0.25, 0.3) is 15.9 Å². The van der Waals surface area contributed by atoms with Gasteiger partial charge in [-0.15, -0.1) is 10.2 Å². The number of anilines is 1. The van der Waals surface area contributed by atoms with E-state index in [0.29, 0.717) is 17.0 Å². The lowest BCUT2D eigenvalue weighted by molar-refractivity contribution is 0.192. The lowest BCUT2D eigenvalue weighted by Gasteiger charge is -2.23. The lowest BCUT2D eigenvalue weighted by atomic mass is 10.1. The number of methoxy groups -OCH3 is 1. The Hall–Kier alpha value is -5.22. The number of nitrogens with zero attached hydrogens (tertiary/aromatic N) is 8. The van der Waals surface area contributed by atoms with Gasteiger partial charge in [-0.1, -0.05) is 32.0 Å². The fraction of sp³-hybridized carbons (Fsp3) is 0.250. The third kappa shape index (κ3) is 6.25. The van der Waals surface area contributed by atoms with Gasteiger partial charge in [0.2, 0.25) is 11.6 Å². The highest BCUT2D eigenvalue weighted by Gasteiger charge is 2.31. The number of hydrogen-bond donors (Lipinski definition) is 2. The Morgan fingerprint density at radius 2 is 1.82 bits per heavy atom. The summed E-state index contributed by atoms with van der Waals surface area (Å²) < 4.78 is 46.2. The number of benzene rings is 1. The molecule has 16 heteroatoms. The van der Waals surface area contributed by atoms with Gasteiger partial charge in [-0.3, -0.25) is 4.98 Å². The van der Waals surface area contributed by atoms with E-state index in [1.807, 2.05) is 13.8 Å². The summed E-state index contributed by atoms with van der Waals surface area (Å²) in [6.45, 7) is 3.45. The van der Waals surface area contributed by atoms with E-state index in [-0.39, 0.29) is 59.0 Å². The zero-order valence-electron chi connectivity index (χ0n) is 24.2. The second-order valence-electron chi connectivity index (χ2n) is 9.55. The SMILES string of the molecule is COc1ccccc1Oc1c(OCCO)nc(-c2ccnc(-c3nn[nH]n3)c2)nc1N(C)S(=O)(=O)c1ccc(C(C)C)cn1. The van der Waals surface area contributed by atoms with E-state index < -0.39 is 10.0 Å². The zero-order chi connectivity index (χ0) is 31.3. The Morgan fingerprint density at radius 3 is 2.48 bits per heavy atom. The maximum Gasteiger partial charge on any atom is 0.282 e. The van der Waals surface area contributed by atoms with Gasteiger partial charge in [0, 0.05) is 25.0 Å². The van der Waals surface area contributed by atoms with Gasteiger partial charge in [-0.05, 0) is 47.0 Å². The molecular weight excluding hydrogens is 590 g/mol. The average Bonchev–Trinajstić information content (AvgIpc) is 3.59. The molecule has 44 heavy (non-hydrogen) atoms. The number of rotatable bonds is 12. The molecule has 0 radical (unpaired) electrons. The standard InChI is InChI=1S/C28H29N9O6S/c1-17(2)19-9-10-23(30-16-19)44(39,40)37(3)27-24(43-22-8-6-5-7-21(22)41-4)28(42-14-13-38)32-25(31-27)18-11-12-29-20(15-18)26-33-35-36-34-26/h5-12,15-17,38H,13-14H2,1-4H3,(H,33,34,35,36). The van der Waals surface area contributed by atoms with Crippen molar-refractivity contribution in [2.45, 2.75) is 24.8 Å². The van der Waals surface area contributed by atoms with Crippen molar-refractivity contribution in [3.63, 3.8) is 0 Å². The third-order valence-corrected chi connectivity index (χ3v) is 8.03. The topological polar surface area (TPSA) is 191 Å². The molecule has 0 aliphatic carbocycles. The molecule has 4 heterocycles. The maximum atomic E-state index is 13.9. The molecule has 0 unspecified atom stereocenters. The van der Waals surface area contributed by atoms with Gasteiger partial charge in [0.15, 0.2) is 28.2 Å². The first-order valence-corrected chi connectivity index (χ1v) is 14.8. The normalized spacial score (nSPS) is 11.4. The molecule has 228 valence electrons. The molecular formula is C28H29N9O6S. The first kappa shape index (κ1) is 30.2. The summed E-state index contributed by atoms with van der Waals surface area (Å²) in [5.74, 6) is 0.638. The van der Waals surface area contributed by atoms with E-state index in [4.69, 9.17) is 14.2 Å². The van der Waals surface area contributed by atoms with E-state index in [2.05, 4.69) is 40.6 Å². The quantitative estimate of drug-likeness (QED) is 0.207. The van der Waals surface area contributed by atoms with E-state index in [0.717, 1.165) is 9.87 Å². The molecule has 0 fully saturated rings. The number of aromatic amines is 1. The van der Waals surface area contributed by atoms with Crippen LogP contribution >= 0.6 is 0 Å². The third-order valence-electron chi connectivity index (χ3n) is 6.37. The second kappa shape index (κ2) is 13.0. The summed E-state index contributed by atoms with van der Waals surface area (Å²) >= 11 is 0. The van der Waals surface area contributed by atoms with Crippen molar-refractivity contribution in [3.05, 3.63) is 66.5 Å². The van der Waals surface area contributed by atoms with E-state index >= 15 is 0 Å². The monoisotopic (exact) mass is 619 g/mol. The molecule has 0 aliphatic heterocycles. The summed E-state index contributed by atoms with van der Waals surface area (Å²) in [4.78, 5) is 17.7. The highest BCUT2D eigenvalue weighted by atomic mass is 32.2. The number of H-pyrrole nitrogens is 1. The summed E-state index contributed by atoms with van der Waals surface area (Å²) in [6.07, 6.45) is 3.02. The minimum absolute atomic E-state index is 0.0672. The molecule has 0 spiro atoms. The van der Waals surface area contributed by atoms with Gasteiger partial charge in [-0.2, -0.15) is 18.6 Å². The minimum atomic E-state index is -4.27. The molecule has 5 aromatic rings. The summed E-state index contributed by atoms with van der Waals surface area (Å²) in [5, 5.41) is 23.2. The number of aliphatic hydroxyl groups is 1. The van der Waals surface area contributed by atoms with Crippen LogP contribution in [0.25, 0.3) is 22.9 Å². The van der Waals surface area contributed by atoms with Crippen molar-refractivity contribution in [1.82, 2.24) is 40.6 Å². The highest BCUT2D eigenvalue weighted by Crippen LogP contribution is 2.43. The van der Waals surface area contributed by atoms with Crippen molar-refractivity contribution in [3.8, 4) is 46.0 Å². The zero-order valence-corrected chi connectivity index (χ0v) is 25.1. The summed E-state index contributed by atoms with van der Waals surface area (Å²) in [7, 11) is -1.48. The van der Waals surface area contributed by atoms with Crippen LogP contribution in [-0.4, -0.2) is 81.5 Å². The number of tetrazole rings is 1. The minimum Gasteiger partial charge on any atom is -0.493 e. The van der Waals surface area contributed by atoms with E-state index in [1.54, 1.807) is 42.5 Å². The number of aliphatic hydroxyl groups excluding tert-OH is 1. The van der Waals surface area contributed by atoms with Gasteiger partial charge in [0.1, 0.15) is 12.3 Å². The Labute approximate surface area is 253 Å². The molecule has 15 nitrogen and oxygen atoms in total. The molecule has 5 rings (SSSR count). The number of para-hydroxylation sites is 2. The Bertz CT molecular complexity index is 1840. The van der Waals surface area contributed by atoms with Crippen LogP contribution in [0.2, 0.25) is 0 Å². The Morgan fingerprint density at radius 1 is 1.02 bits per heavy atom. The second-order valence-corrected chi connectivity index (χ2v) is 11.5. The number of aromatic nitrogens is 8. The molecule has 0 bridgehead atoms. The van der Waals surface area contributed by atoms with Gasteiger partial charge in [0.05, 0.1) is 13.7 Å². The summed E-state index contributed by atoms with van der Waals surface area (Å²) in [5.41, 5.74) is 1.68. The van der Waals surface area contributed by atoms with Crippen LogP contribution in [0.3, 0.4) is 0 Å². The van der Waals surface area contributed by atoms with E-state index in [1.165, 1.54) is 32.6 Å². The van der Waals surface area contributed by atoms with Crippen molar-refractivity contribution in [2.75, 3.05) is 31.7 Å². The number of nitrogens with one attached hydrogen (secondary N) is 1. The first-order chi connectivity index (χ1) is 21.2. The number of hydrogen-bond acceptors (Lipinski definition) is 13. The van der Waals surface area contributed by atoms with E-state index in [9.17, 15) is 13.5 Å². The highest BCUT2D eigenvalue weighted by molar-refractivity contribution is 7.92. The van der Waals surface area contributed by atoms with Crippen LogP contribution in [0, 0.1) is 0 Å². The molecule has 1 aromatic carbocycles. The Balaban J connectivity index is 1.70. The fourth-order valence-electron chi connectivity index (χ4n) is 4.01. The molecule has 0 atom stereocenters. The molecule has 0 saturated carbocycles. The van der Waals surface area contributed by atoms with Crippen LogP contribution < -0.4 is 18.5 Å². The van der Waals surface area contributed by atoms with Crippen LogP contribution in [0.5, 0.6) is 23.1 Å². The van der Waals surface area contributed by atoms with Crippen molar-refractivity contribution >= 4 is 15.8 Å². The van der Waals surface area contributed by atoms with Crippen LogP contribution in [0.1, 0.15) is 25.3 Å². The molecule has 0 amide bonds. The maximum absolute atomic E-state index is 13.9. The van der Waals surface area contributed by atoms with Crippen molar-refractivity contribution < 1.29 is 27.7 Å². The largest absolute Gasteiger partial charge is 0.493 e. The lowest BCUT2D eigenvalue weighted by Crippen LogP contribution is -2.29. The van der Waals surface area contributed by atoms with Crippen molar-refractivity contribution in [2.24, 2.45) is 0 Å². The number of ether oxygens (including phenoxy) is 3. The molecule has 2 N–H and O–H groups in total. The van der Waals surface area contributed by atoms with Gasteiger partial charge < -0.3 is 19.3 Å². The van der Waals surface area contributed by atoms with Gasteiger partial charge >= 0.3 is 0 Å². The van der Waals surface area contributed by atoms with Crippen molar-refractivity contribution in [1.29, 1.82) is 0 Å². The first-order valence-electron chi connectivity index (χ1n) is 13.3. The molecule has 0 aliphatic rings. The average molecular weight is 620 g/mol. The van der Waals surface area contributed by atoms with Crippen LogP contribution in [-0.2, 0) is 10.0 Å². The van der Waals surface area contributed by atoms with Gasteiger partial charge in [-0.25, -0.2) is 14.3 Å². The Kier molecular flexibility index (Phi) is 8.91. The fourth-order valence-corrected chi connectivity index (χ4v) is 5.06. The summed E-state index contributed by atoms with van der Waals surface area (Å²) in [6, 6.07) is 13.2. The number of pyridine rings is 2. The predicted molar refractivity (Wildman–Crippen MR) is 158 cm³/mol. The number of sulfonamides is 1. The smallest absolute Gasteiger partial charge is 0.282 e. The molecule has 0 saturated heterocycles. The van der Waals surface area contributed by atoms with Crippen LogP contribution in [0.4, 0.5) is 5.82 Å². The van der Waals surface area contributed by atoms with Crippen LogP contribution in [0.15, 0.2) is 66.0 Å². The molecule has 4 aromatic heterocycles.